The van der Waals surface area contributed by atoms with Crippen molar-refractivity contribution in [2.24, 2.45) is 0 Å². The zero-order valence-corrected chi connectivity index (χ0v) is 29.2. The van der Waals surface area contributed by atoms with Crippen LogP contribution in [0.5, 0.6) is 5.75 Å². The summed E-state index contributed by atoms with van der Waals surface area (Å²) in [5.41, 5.74) is 2.36. The van der Waals surface area contributed by atoms with Gasteiger partial charge in [0.15, 0.2) is 5.58 Å². The predicted octanol–water partition coefficient (Wildman–Crippen LogP) is 5.83. The Morgan fingerprint density at radius 3 is 2.25 bits per heavy atom. The number of imide groups is 1. The lowest BCUT2D eigenvalue weighted by molar-refractivity contribution is -0.138. The number of unbranched alkanes of at least 4 members (excludes halogenated alkanes) is 1. The molecule has 0 radical (unpaired) electrons. The SMILES string of the molecule is N#Cc1ccc(N2CCC(c3ccc(OCCCCN4CCN(c5ccc6c(c5)oc(=O)n6C5CCC(=O)NC5=O)CC4)cc3)CC2)cc1C(F)(F)F. The minimum absolute atomic E-state index is 0.177. The maximum absolute atomic E-state index is 13.4. The fraction of sp³-hybridized carbons (Fsp3) is 0.436. The highest BCUT2D eigenvalue weighted by Crippen LogP contribution is 2.37. The molecule has 2 amide bonds. The monoisotopic (exact) mass is 730 g/mol. The molecule has 0 spiro atoms. The predicted molar refractivity (Wildman–Crippen MR) is 192 cm³/mol. The molecule has 11 nitrogen and oxygen atoms in total. The van der Waals surface area contributed by atoms with E-state index < -0.39 is 29.4 Å². The summed E-state index contributed by atoms with van der Waals surface area (Å²) in [6.07, 6.45) is -0.556. The van der Waals surface area contributed by atoms with E-state index in [-0.39, 0.29) is 24.3 Å². The van der Waals surface area contributed by atoms with Crippen LogP contribution in [0.1, 0.15) is 67.2 Å². The zero-order chi connectivity index (χ0) is 37.1. The Morgan fingerprint density at radius 1 is 0.849 bits per heavy atom. The topological polar surface area (TPSA) is 124 Å². The van der Waals surface area contributed by atoms with E-state index in [4.69, 9.17) is 14.4 Å². The number of hydrogen-bond donors (Lipinski definition) is 1. The van der Waals surface area contributed by atoms with E-state index in [1.54, 1.807) is 12.1 Å². The molecular formula is C39H41F3N6O5. The van der Waals surface area contributed by atoms with Gasteiger partial charge in [-0.25, -0.2) is 4.79 Å². The first-order chi connectivity index (χ1) is 25.6. The standard InChI is InChI=1S/C39H41F3N6O5/c40-39(41,42)32-23-29(6-3-28(32)25-43)46-16-13-27(14-17-46)26-4-8-31(9-5-26)52-22-2-1-15-45-18-20-47(21-19-45)30-7-10-33-35(24-30)53-38(51)48(33)34-11-12-36(49)44-37(34)50/h3-10,23-24,27,34H,1-2,11-22H2,(H,44,49,50). The van der Waals surface area contributed by atoms with Crippen LogP contribution in [-0.4, -0.2) is 73.7 Å². The van der Waals surface area contributed by atoms with Crippen molar-refractivity contribution in [1.29, 1.82) is 5.26 Å². The molecule has 0 bridgehead atoms. The normalized spacial score (nSPS) is 19.0. The fourth-order valence-corrected chi connectivity index (χ4v) is 7.67. The van der Waals surface area contributed by atoms with Gasteiger partial charge in [-0.1, -0.05) is 12.1 Å². The molecule has 3 saturated heterocycles. The van der Waals surface area contributed by atoms with Gasteiger partial charge in [0.1, 0.15) is 11.8 Å². The number of ether oxygens (including phenoxy) is 1. The van der Waals surface area contributed by atoms with Gasteiger partial charge < -0.3 is 19.0 Å². The van der Waals surface area contributed by atoms with Gasteiger partial charge in [0.05, 0.1) is 29.3 Å². The van der Waals surface area contributed by atoms with Gasteiger partial charge in [-0.05, 0) is 92.6 Å². The fourth-order valence-electron chi connectivity index (χ4n) is 7.67. The molecule has 4 aromatic rings. The Hall–Kier alpha value is -5.29. The number of piperazine rings is 1. The van der Waals surface area contributed by atoms with Crippen LogP contribution < -0.4 is 25.6 Å². The average Bonchev–Trinajstić information content (AvgIpc) is 3.49. The molecule has 3 aliphatic rings. The van der Waals surface area contributed by atoms with Crippen LogP contribution >= 0.6 is 0 Å². The molecule has 3 aliphatic heterocycles. The van der Waals surface area contributed by atoms with Gasteiger partial charge >= 0.3 is 11.9 Å². The van der Waals surface area contributed by atoms with Crippen molar-refractivity contribution < 1.29 is 31.9 Å². The molecule has 1 unspecified atom stereocenters. The molecule has 3 aromatic carbocycles. The van der Waals surface area contributed by atoms with E-state index in [0.29, 0.717) is 42.4 Å². The number of alkyl halides is 3. The Bertz CT molecular complexity index is 2050. The van der Waals surface area contributed by atoms with Gasteiger partial charge in [-0.2, -0.15) is 18.4 Å². The van der Waals surface area contributed by atoms with Crippen molar-refractivity contribution in [3.63, 3.8) is 0 Å². The van der Waals surface area contributed by atoms with Crippen molar-refractivity contribution in [2.75, 3.05) is 62.2 Å². The number of nitrogens with one attached hydrogen (secondary N) is 1. The quantitative estimate of drug-likeness (QED) is 0.159. The van der Waals surface area contributed by atoms with Gasteiger partial charge in [0.2, 0.25) is 11.8 Å². The summed E-state index contributed by atoms with van der Waals surface area (Å²) in [6.45, 7) is 6.34. The lowest BCUT2D eigenvalue weighted by Crippen LogP contribution is -2.46. The summed E-state index contributed by atoms with van der Waals surface area (Å²) < 4.78 is 53.2. The van der Waals surface area contributed by atoms with Crippen molar-refractivity contribution in [3.8, 4) is 11.8 Å². The smallest absolute Gasteiger partial charge is 0.420 e. The molecule has 14 heteroatoms. The highest BCUT2D eigenvalue weighted by atomic mass is 19.4. The molecular weight excluding hydrogens is 689 g/mol. The van der Waals surface area contributed by atoms with Gasteiger partial charge in [0.25, 0.3) is 0 Å². The summed E-state index contributed by atoms with van der Waals surface area (Å²) in [6, 6.07) is 18.6. The lowest BCUT2D eigenvalue weighted by Gasteiger charge is -2.36. The van der Waals surface area contributed by atoms with Crippen LogP contribution in [0.15, 0.2) is 69.9 Å². The van der Waals surface area contributed by atoms with E-state index in [1.807, 2.05) is 35.2 Å². The van der Waals surface area contributed by atoms with Crippen LogP contribution in [0.3, 0.4) is 0 Å². The van der Waals surface area contributed by atoms with Crippen molar-refractivity contribution in [3.05, 3.63) is 87.9 Å². The van der Waals surface area contributed by atoms with Gasteiger partial charge in [-0.3, -0.25) is 24.4 Å². The van der Waals surface area contributed by atoms with E-state index in [9.17, 15) is 27.6 Å². The molecule has 3 fully saturated rings. The third kappa shape index (κ3) is 8.05. The lowest BCUT2D eigenvalue weighted by atomic mass is 9.89. The van der Waals surface area contributed by atoms with Gasteiger partial charge in [0, 0.05) is 63.1 Å². The average molecular weight is 731 g/mol. The first kappa shape index (κ1) is 36.1. The number of oxazole rings is 1. The summed E-state index contributed by atoms with van der Waals surface area (Å²) in [4.78, 5) is 43.2. The van der Waals surface area contributed by atoms with E-state index in [2.05, 4.69) is 27.2 Å². The largest absolute Gasteiger partial charge is 0.494 e. The Balaban J connectivity index is 0.815. The molecule has 4 heterocycles. The number of aromatic nitrogens is 1. The number of anilines is 2. The number of rotatable bonds is 10. The summed E-state index contributed by atoms with van der Waals surface area (Å²) in [5, 5.41) is 11.4. The Labute approximate surface area is 304 Å². The molecule has 7 rings (SSSR count). The number of benzene rings is 3. The Kier molecular flexibility index (Phi) is 10.5. The number of piperidine rings is 2. The maximum atomic E-state index is 13.4. The van der Waals surface area contributed by atoms with Crippen molar-refractivity contribution in [2.45, 2.75) is 56.7 Å². The maximum Gasteiger partial charge on any atom is 0.420 e. The van der Waals surface area contributed by atoms with Crippen LogP contribution in [0.4, 0.5) is 24.5 Å². The molecule has 1 N–H and O–H groups in total. The number of amides is 2. The first-order valence-electron chi connectivity index (χ1n) is 18.1. The molecule has 53 heavy (non-hydrogen) atoms. The number of nitrogens with zero attached hydrogens (tertiary/aromatic N) is 5. The van der Waals surface area contributed by atoms with E-state index in [1.165, 1.54) is 16.2 Å². The number of halogens is 3. The molecule has 1 aromatic heterocycles. The van der Waals surface area contributed by atoms with Crippen LogP contribution in [-0.2, 0) is 15.8 Å². The van der Waals surface area contributed by atoms with E-state index >= 15 is 0 Å². The van der Waals surface area contributed by atoms with Crippen LogP contribution in [0, 0.1) is 11.3 Å². The molecule has 278 valence electrons. The second-order valence-electron chi connectivity index (χ2n) is 13.9. The number of nitriles is 1. The van der Waals surface area contributed by atoms with Crippen molar-refractivity contribution in [1.82, 2.24) is 14.8 Å². The second kappa shape index (κ2) is 15.4. The molecule has 1 atom stereocenters. The number of carbonyl (C=O) groups is 2. The summed E-state index contributed by atoms with van der Waals surface area (Å²) >= 11 is 0. The number of carbonyl (C=O) groups excluding carboxylic acids is 2. The van der Waals surface area contributed by atoms with Crippen LogP contribution in [0.25, 0.3) is 11.1 Å². The molecule has 0 saturated carbocycles. The second-order valence-corrected chi connectivity index (χ2v) is 13.9. The third-order valence-electron chi connectivity index (χ3n) is 10.6. The minimum Gasteiger partial charge on any atom is -0.494 e. The van der Waals surface area contributed by atoms with E-state index in [0.717, 1.165) is 75.9 Å². The summed E-state index contributed by atoms with van der Waals surface area (Å²) in [5.74, 6) is -0.296. The number of hydrogen-bond acceptors (Lipinski definition) is 9. The highest BCUT2D eigenvalue weighted by molar-refractivity contribution is 6.00. The van der Waals surface area contributed by atoms with Gasteiger partial charge in [-0.15, -0.1) is 0 Å². The van der Waals surface area contributed by atoms with Crippen molar-refractivity contribution >= 4 is 34.3 Å². The summed E-state index contributed by atoms with van der Waals surface area (Å²) in [7, 11) is 0. The van der Waals surface area contributed by atoms with Crippen LogP contribution in [0.2, 0.25) is 0 Å². The molecule has 0 aliphatic carbocycles. The number of fused-ring (bicyclic) bond motifs is 1. The zero-order valence-electron chi connectivity index (χ0n) is 29.2. The minimum atomic E-state index is -4.57. The highest BCUT2D eigenvalue weighted by Gasteiger charge is 2.35. The first-order valence-corrected chi connectivity index (χ1v) is 18.1. The third-order valence-corrected chi connectivity index (χ3v) is 10.6. The Morgan fingerprint density at radius 2 is 1.55 bits per heavy atom.